The van der Waals surface area contributed by atoms with E-state index in [9.17, 15) is 33.9 Å². The number of rotatable bonds is 22. The van der Waals surface area contributed by atoms with Crippen LogP contribution in [0.2, 0.25) is 0 Å². The number of carbonyl (C=O) groups is 6. The summed E-state index contributed by atoms with van der Waals surface area (Å²) in [6, 6.07) is 2.85. The van der Waals surface area contributed by atoms with Crippen LogP contribution < -0.4 is 20.7 Å². The average molecular weight is 937 g/mol. The molecule has 0 spiro atoms. The summed E-state index contributed by atoms with van der Waals surface area (Å²) in [6.07, 6.45) is 1.45. The maximum Gasteiger partial charge on any atom is 0.408 e. The SMILES string of the molecule is CC(C)C[C@H]([NH-])C(=O)N1CCC[C@H]1C(=O)O.CC[C@H](C)[C@@H](NC(=O)[C@@H](NC(=O)OC(C)(C)C)[C@@H](C)OC(=O)[C@H](Cc1ccc(OC)cc1)NC)[C@@H](O)CC(=O)C[CH-]C(C)C.[Y]. The Balaban J connectivity index is 0.00000177. The summed E-state index contributed by atoms with van der Waals surface area (Å²) in [6.45, 7) is 18.6. The number of ether oxygens (including phenoxy) is 3. The molecule has 345 valence electrons. The molecular formula is C44H73N5O11Y-2. The average Bonchev–Trinajstić information content (AvgIpc) is 3.66. The van der Waals surface area contributed by atoms with Crippen LogP contribution in [0, 0.1) is 24.2 Å². The van der Waals surface area contributed by atoms with E-state index >= 15 is 0 Å². The first-order valence-corrected chi connectivity index (χ1v) is 21.0. The number of hydrogen-bond acceptors (Lipinski definition) is 11. The van der Waals surface area contributed by atoms with Gasteiger partial charge in [0.15, 0.2) is 0 Å². The molecule has 1 aromatic rings. The number of aliphatic hydroxyl groups excluding tert-OH is 1. The number of alkyl carbamates (subject to hydrolysis) is 1. The van der Waals surface area contributed by atoms with Gasteiger partial charge in [-0.05, 0) is 83.5 Å². The zero-order valence-electron chi connectivity index (χ0n) is 38.4. The molecule has 0 bridgehead atoms. The van der Waals surface area contributed by atoms with Gasteiger partial charge in [-0.3, -0.25) is 14.4 Å². The van der Waals surface area contributed by atoms with Crippen molar-refractivity contribution in [2.75, 3.05) is 20.7 Å². The van der Waals surface area contributed by atoms with Gasteiger partial charge in [0.2, 0.25) is 11.8 Å². The van der Waals surface area contributed by atoms with Gasteiger partial charge in [0.25, 0.3) is 0 Å². The van der Waals surface area contributed by atoms with Crippen LogP contribution in [0.3, 0.4) is 0 Å². The predicted molar refractivity (Wildman–Crippen MR) is 229 cm³/mol. The van der Waals surface area contributed by atoms with Crippen LogP contribution in [0.25, 0.3) is 5.73 Å². The van der Waals surface area contributed by atoms with E-state index < -0.39 is 72.0 Å². The van der Waals surface area contributed by atoms with Crippen LogP contribution in [0.1, 0.15) is 113 Å². The Morgan fingerprint density at radius 1 is 1.00 bits per heavy atom. The van der Waals surface area contributed by atoms with Crippen molar-refractivity contribution in [1.82, 2.24) is 20.9 Å². The summed E-state index contributed by atoms with van der Waals surface area (Å²) in [5, 5.41) is 28.2. The molecule has 6 N–H and O–H groups in total. The molecule has 1 heterocycles. The number of carboxylic acids is 1. The zero-order chi connectivity index (χ0) is 45.9. The van der Waals surface area contributed by atoms with Gasteiger partial charge in [-0.1, -0.05) is 72.6 Å². The molecular weight excluding hydrogens is 863 g/mol. The molecule has 2 rings (SSSR count). The molecule has 3 amide bonds. The van der Waals surface area contributed by atoms with E-state index in [1.165, 1.54) is 11.8 Å². The second kappa shape index (κ2) is 28.5. The van der Waals surface area contributed by atoms with Crippen molar-refractivity contribution in [2.24, 2.45) is 17.8 Å². The van der Waals surface area contributed by atoms with Crippen molar-refractivity contribution >= 4 is 35.6 Å². The number of carboxylic acid groups (broad SMARTS) is 1. The van der Waals surface area contributed by atoms with Crippen LogP contribution in [-0.2, 0) is 72.6 Å². The number of nitrogens with zero attached hydrogens (tertiary/aromatic N) is 1. The summed E-state index contributed by atoms with van der Waals surface area (Å²) in [7, 11) is 3.20. The van der Waals surface area contributed by atoms with Gasteiger partial charge in [-0.2, -0.15) is 5.92 Å². The third-order valence-corrected chi connectivity index (χ3v) is 10.0. The molecule has 17 heteroatoms. The van der Waals surface area contributed by atoms with Gasteiger partial charge in [-0.15, -0.1) is 6.42 Å². The van der Waals surface area contributed by atoms with E-state index in [-0.39, 0.29) is 75.0 Å². The first-order valence-electron chi connectivity index (χ1n) is 21.0. The fraction of sp³-hybridized carbons (Fsp3) is 0.705. The number of aliphatic carboxylic acids is 1. The van der Waals surface area contributed by atoms with E-state index in [1.807, 2.05) is 60.1 Å². The summed E-state index contributed by atoms with van der Waals surface area (Å²) in [5.74, 6) is -1.75. The molecule has 0 unspecified atom stereocenters. The van der Waals surface area contributed by atoms with Gasteiger partial charge in [0.1, 0.15) is 41.4 Å². The van der Waals surface area contributed by atoms with Gasteiger partial charge in [-0.25, -0.2) is 9.59 Å². The number of Topliss-reactive ketones (excluding diaryl/α,β-unsaturated/α-hetero) is 1. The van der Waals surface area contributed by atoms with Crippen LogP contribution >= 0.6 is 0 Å². The molecule has 0 aliphatic carbocycles. The molecule has 0 saturated carbocycles. The topological polar surface area (TPSA) is 234 Å². The normalized spacial score (nSPS) is 17.2. The molecule has 61 heavy (non-hydrogen) atoms. The minimum absolute atomic E-state index is 0. The van der Waals surface area contributed by atoms with E-state index in [1.54, 1.807) is 47.1 Å². The number of nitrogens with one attached hydrogen (secondary N) is 4. The Morgan fingerprint density at radius 3 is 2.10 bits per heavy atom. The first kappa shape index (κ1) is 57.8. The van der Waals surface area contributed by atoms with Crippen molar-refractivity contribution in [3.63, 3.8) is 0 Å². The van der Waals surface area contributed by atoms with Crippen molar-refractivity contribution in [1.29, 1.82) is 0 Å². The molecule has 1 aliphatic rings. The Bertz CT molecular complexity index is 1520. The number of carbonyl (C=O) groups excluding carboxylic acids is 5. The fourth-order valence-corrected chi connectivity index (χ4v) is 6.46. The Kier molecular flexibility index (Phi) is 27.0. The standard InChI is InChI=1S/C33H54N3O8.C11H19N2O3.Y/c1-11-21(4)28(27(38)19-24(37)15-12-20(2)3)35-30(39)29(36-32(41)44-33(6,7)8)22(5)43-31(40)26(34-9)18-23-13-16-25(42-10)17-14-23;1-7(2)6-8(12)10(14)13-5-3-4-9(13)11(15)16;/h12-14,16-17,20-22,26-29,34,38H,11,15,18-19H2,1-10H3,(H,35,39)(H,36,41);7-9,12H,3-6H2,1-2H3,(H,15,16);/q2*-1;/t21-,22+,26-,27-,28+,29-;8-,9-;/m00./s1. The third kappa shape index (κ3) is 21.6. The second-order valence-corrected chi connectivity index (χ2v) is 17.3. The maximum atomic E-state index is 13.7. The number of likely N-dealkylation sites (N-methyl/N-ethyl adjacent to an activating group) is 1. The minimum atomic E-state index is -1.35. The van der Waals surface area contributed by atoms with Crippen LogP contribution in [0.15, 0.2) is 24.3 Å². The number of hydrogen-bond donors (Lipinski definition) is 5. The number of benzene rings is 1. The van der Waals surface area contributed by atoms with Crippen LogP contribution in [-0.4, -0.2) is 119 Å². The van der Waals surface area contributed by atoms with E-state index in [0.717, 1.165) is 12.0 Å². The number of ketones is 1. The summed E-state index contributed by atoms with van der Waals surface area (Å²) < 4.78 is 16.3. The van der Waals surface area contributed by atoms with Crippen molar-refractivity contribution < 1.29 is 85.9 Å². The second-order valence-electron chi connectivity index (χ2n) is 17.3. The van der Waals surface area contributed by atoms with Gasteiger partial charge >= 0.3 is 18.0 Å². The molecule has 16 nitrogen and oxygen atoms in total. The molecule has 8 atom stereocenters. The summed E-state index contributed by atoms with van der Waals surface area (Å²) >= 11 is 0. The Morgan fingerprint density at radius 2 is 1.61 bits per heavy atom. The number of amides is 3. The Hall–Kier alpha value is -3.18. The van der Waals surface area contributed by atoms with Crippen molar-refractivity contribution in [3.05, 3.63) is 42.0 Å². The molecule has 1 aliphatic heterocycles. The van der Waals surface area contributed by atoms with Gasteiger partial charge in [0, 0.05) is 45.7 Å². The number of esters is 1. The molecule has 1 saturated heterocycles. The number of likely N-dealkylation sites (tertiary alicyclic amines) is 1. The number of methoxy groups -OCH3 is 1. The summed E-state index contributed by atoms with van der Waals surface area (Å²) in [5.41, 5.74) is 7.74. The molecule has 0 aromatic heterocycles. The van der Waals surface area contributed by atoms with E-state index in [0.29, 0.717) is 38.0 Å². The smallest absolute Gasteiger partial charge is 0.408 e. The first-order chi connectivity index (χ1) is 27.9. The molecule has 1 fully saturated rings. The van der Waals surface area contributed by atoms with E-state index in [2.05, 4.69) is 16.0 Å². The Labute approximate surface area is 388 Å². The van der Waals surface area contributed by atoms with Crippen LogP contribution in [0.4, 0.5) is 4.79 Å². The van der Waals surface area contributed by atoms with Crippen molar-refractivity contribution in [2.45, 2.75) is 162 Å². The van der Waals surface area contributed by atoms with E-state index in [4.69, 9.17) is 25.1 Å². The zero-order valence-corrected chi connectivity index (χ0v) is 41.2. The van der Waals surface area contributed by atoms with Gasteiger partial charge in [0.05, 0.1) is 19.3 Å². The van der Waals surface area contributed by atoms with Gasteiger partial charge < -0.3 is 62.2 Å². The third-order valence-electron chi connectivity index (χ3n) is 10.0. The molecule has 1 aromatic carbocycles. The molecule has 1 radical (unpaired) electrons. The largest absolute Gasteiger partial charge is 0.667 e. The maximum absolute atomic E-state index is 13.7. The predicted octanol–water partition coefficient (Wildman–Crippen LogP) is 5.28. The number of aliphatic hydroxyl groups is 1. The fourth-order valence-electron chi connectivity index (χ4n) is 6.46. The van der Waals surface area contributed by atoms with Crippen molar-refractivity contribution in [3.8, 4) is 5.75 Å². The minimum Gasteiger partial charge on any atom is -0.667 e. The quantitative estimate of drug-likeness (QED) is 0.0739. The summed E-state index contributed by atoms with van der Waals surface area (Å²) in [4.78, 5) is 76.3. The van der Waals surface area contributed by atoms with Crippen LogP contribution in [0.5, 0.6) is 5.75 Å². The monoisotopic (exact) mass is 936 g/mol.